The molecule has 4 unspecified atom stereocenters. The molecule has 0 spiro atoms. The van der Waals surface area contributed by atoms with E-state index in [1.807, 2.05) is 0 Å². The molecule has 0 aromatic heterocycles. The lowest BCUT2D eigenvalue weighted by Gasteiger charge is -2.40. The van der Waals surface area contributed by atoms with Crippen molar-refractivity contribution in [1.82, 2.24) is 10.6 Å². The van der Waals surface area contributed by atoms with Crippen LogP contribution in [0, 0.1) is 17.8 Å². The third-order valence-electron chi connectivity index (χ3n) is 6.02. The first kappa shape index (κ1) is 17.4. The van der Waals surface area contributed by atoms with E-state index in [0.29, 0.717) is 11.7 Å². The molecule has 1 aliphatic heterocycles. The van der Waals surface area contributed by atoms with Gasteiger partial charge in [-0.1, -0.05) is 6.42 Å². The second kappa shape index (κ2) is 9.14. The minimum atomic E-state index is 0.177. The van der Waals surface area contributed by atoms with Crippen LogP contribution in [0.4, 0.5) is 0 Å². The van der Waals surface area contributed by atoms with Gasteiger partial charge in [0.05, 0.1) is 12.7 Å². The average molecular weight is 322 g/mol. The maximum atomic E-state index is 12.6. The maximum Gasteiger partial charge on any atom is 0.138 e. The van der Waals surface area contributed by atoms with Crippen molar-refractivity contribution in [1.29, 1.82) is 0 Å². The predicted octanol–water partition coefficient (Wildman–Crippen LogP) is 2.52. The Morgan fingerprint density at radius 2 is 1.78 bits per heavy atom. The van der Waals surface area contributed by atoms with Crippen molar-refractivity contribution >= 4 is 5.78 Å². The molecule has 1 saturated heterocycles. The lowest BCUT2D eigenvalue weighted by Crippen LogP contribution is -2.43. The van der Waals surface area contributed by atoms with E-state index in [-0.39, 0.29) is 12.0 Å². The molecule has 2 N–H and O–H groups in total. The number of ketones is 1. The highest BCUT2D eigenvalue weighted by Gasteiger charge is 2.40. The van der Waals surface area contributed by atoms with Crippen LogP contribution >= 0.6 is 0 Å². The average Bonchev–Trinajstić information content (AvgIpc) is 2.56. The van der Waals surface area contributed by atoms with E-state index in [0.717, 1.165) is 58.0 Å². The molecule has 2 aliphatic carbocycles. The van der Waals surface area contributed by atoms with Gasteiger partial charge in [0.15, 0.2) is 0 Å². The molecule has 4 nitrogen and oxygen atoms in total. The number of nitrogens with one attached hydrogen (secondary N) is 2. The third kappa shape index (κ3) is 5.01. The fraction of sp³-hybridized carbons (Fsp3) is 0.947. The van der Waals surface area contributed by atoms with Crippen molar-refractivity contribution < 1.29 is 9.53 Å². The van der Waals surface area contributed by atoms with Crippen LogP contribution < -0.4 is 10.6 Å². The normalized spacial score (nSPS) is 38.2. The van der Waals surface area contributed by atoms with Crippen LogP contribution in [-0.4, -0.2) is 44.7 Å². The second-order valence-corrected chi connectivity index (χ2v) is 7.75. The number of ether oxygens (including phenoxy) is 1. The van der Waals surface area contributed by atoms with E-state index in [1.165, 1.54) is 38.5 Å². The molecule has 4 heteroatoms. The molecule has 2 bridgehead atoms. The van der Waals surface area contributed by atoms with Crippen LogP contribution in [0.3, 0.4) is 0 Å². The minimum Gasteiger partial charge on any atom is -0.376 e. The van der Waals surface area contributed by atoms with Crippen molar-refractivity contribution in [3.8, 4) is 0 Å². The van der Waals surface area contributed by atoms with Crippen molar-refractivity contribution in [3.05, 3.63) is 0 Å². The molecule has 132 valence electrons. The molecule has 0 amide bonds. The summed E-state index contributed by atoms with van der Waals surface area (Å²) in [4.78, 5) is 12.6. The Kier molecular flexibility index (Phi) is 6.91. The summed E-state index contributed by atoms with van der Waals surface area (Å²) in [7, 11) is 0. The molecule has 3 rings (SSSR count). The summed E-state index contributed by atoms with van der Waals surface area (Å²) in [6.07, 6.45) is 10.6. The van der Waals surface area contributed by atoms with Crippen LogP contribution in [0.5, 0.6) is 0 Å². The van der Waals surface area contributed by atoms with Crippen LogP contribution in [0.1, 0.15) is 57.8 Å². The lowest BCUT2D eigenvalue weighted by molar-refractivity contribution is -0.136. The zero-order chi connectivity index (χ0) is 15.9. The monoisotopic (exact) mass is 322 g/mol. The number of carbonyl (C=O) groups is 1. The van der Waals surface area contributed by atoms with Gasteiger partial charge >= 0.3 is 0 Å². The van der Waals surface area contributed by atoms with E-state index in [2.05, 4.69) is 10.6 Å². The first-order valence-corrected chi connectivity index (χ1v) is 9.90. The summed E-state index contributed by atoms with van der Waals surface area (Å²) in [6.45, 7) is 5.01. The molecular weight excluding hydrogens is 288 g/mol. The summed E-state index contributed by atoms with van der Waals surface area (Å²) in [5, 5.41) is 7.12. The minimum absolute atomic E-state index is 0.177. The Hall–Kier alpha value is -0.450. The van der Waals surface area contributed by atoms with Gasteiger partial charge in [-0.05, 0) is 76.4 Å². The molecule has 3 fully saturated rings. The molecule has 0 aromatic carbocycles. The quantitative estimate of drug-likeness (QED) is 0.719. The molecular formula is C19H34N2O2. The maximum absolute atomic E-state index is 12.6. The van der Waals surface area contributed by atoms with Gasteiger partial charge in [-0.2, -0.15) is 0 Å². The van der Waals surface area contributed by atoms with Crippen molar-refractivity contribution in [2.24, 2.45) is 17.8 Å². The zero-order valence-electron chi connectivity index (χ0n) is 14.5. The van der Waals surface area contributed by atoms with Gasteiger partial charge in [0.25, 0.3) is 0 Å². The van der Waals surface area contributed by atoms with Crippen LogP contribution in [0.25, 0.3) is 0 Å². The summed E-state index contributed by atoms with van der Waals surface area (Å²) >= 11 is 0. The molecule has 23 heavy (non-hydrogen) atoms. The van der Waals surface area contributed by atoms with Crippen molar-refractivity contribution in [2.75, 3.05) is 32.8 Å². The van der Waals surface area contributed by atoms with E-state index >= 15 is 0 Å². The number of fused-ring (bicyclic) bond motifs is 4. The summed E-state index contributed by atoms with van der Waals surface area (Å²) < 4.78 is 6.18. The first-order valence-electron chi connectivity index (χ1n) is 9.90. The Morgan fingerprint density at radius 3 is 2.70 bits per heavy atom. The van der Waals surface area contributed by atoms with Crippen LogP contribution in [0.2, 0.25) is 0 Å². The Labute approximate surface area is 141 Å². The molecule has 2 saturated carbocycles. The van der Waals surface area contributed by atoms with Gasteiger partial charge in [0, 0.05) is 18.9 Å². The van der Waals surface area contributed by atoms with Gasteiger partial charge in [-0.25, -0.2) is 0 Å². The smallest absolute Gasteiger partial charge is 0.138 e. The van der Waals surface area contributed by atoms with Gasteiger partial charge in [0.2, 0.25) is 0 Å². The van der Waals surface area contributed by atoms with E-state index in [1.54, 1.807) is 0 Å². The number of rotatable bonds is 0. The van der Waals surface area contributed by atoms with E-state index < -0.39 is 0 Å². The molecule has 4 atom stereocenters. The van der Waals surface area contributed by atoms with Gasteiger partial charge in [-0.3, -0.25) is 4.79 Å². The highest BCUT2D eigenvalue weighted by atomic mass is 16.5. The van der Waals surface area contributed by atoms with E-state index in [9.17, 15) is 4.79 Å². The number of Topliss-reactive ketones (excluding diaryl/α,β-unsaturated/α-hetero) is 1. The summed E-state index contributed by atoms with van der Waals surface area (Å²) in [6, 6.07) is 0. The SMILES string of the molecule is O=C1CCCC2OCCNCCCCNCC3CCCC(C3)C12. The van der Waals surface area contributed by atoms with Gasteiger partial charge in [0.1, 0.15) is 5.78 Å². The van der Waals surface area contributed by atoms with Crippen molar-refractivity contribution in [2.45, 2.75) is 63.9 Å². The summed E-state index contributed by atoms with van der Waals surface area (Å²) in [5.41, 5.74) is 0. The van der Waals surface area contributed by atoms with Crippen LogP contribution in [0.15, 0.2) is 0 Å². The topological polar surface area (TPSA) is 50.4 Å². The molecule has 0 aromatic rings. The standard InChI is InChI=1S/C19H34N2O2/c22-17-7-4-8-18-19(17)16-6-3-5-15(13-16)14-21-10-2-1-9-20-11-12-23-18/h15-16,18-21H,1-14H2. The number of carbonyl (C=O) groups excluding carboxylic acids is 1. The van der Waals surface area contributed by atoms with Gasteiger partial charge in [-0.15, -0.1) is 0 Å². The van der Waals surface area contributed by atoms with Crippen molar-refractivity contribution in [3.63, 3.8) is 0 Å². The van der Waals surface area contributed by atoms with Gasteiger partial charge < -0.3 is 15.4 Å². The van der Waals surface area contributed by atoms with Crippen LogP contribution in [-0.2, 0) is 9.53 Å². The Bertz CT molecular complexity index is 374. The fourth-order valence-electron chi connectivity index (χ4n) is 4.84. The lowest BCUT2D eigenvalue weighted by atomic mass is 9.68. The predicted molar refractivity (Wildman–Crippen MR) is 92.5 cm³/mol. The highest BCUT2D eigenvalue weighted by Crippen LogP contribution is 2.39. The summed E-state index contributed by atoms with van der Waals surface area (Å²) in [5.74, 6) is 1.98. The largest absolute Gasteiger partial charge is 0.376 e. The molecule has 0 radical (unpaired) electrons. The highest BCUT2D eigenvalue weighted by molar-refractivity contribution is 5.82. The Balaban J connectivity index is 1.66. The van der Waals surface area contributed by atoms with E-state index in [4.69, 9.17) is 4.74 Å². The number of hydrogen-bond donors (Lipinski definition) is 2. The first-order chi connectivity index (χ1) is 11.3. The number of hydrogen-bond acceptors (Lipinski definition) is 4. The Morgan fingerprint density at radius 1 is 0.913 bits per heavy atom. The second-order valence-electron chi connectivity index (χ2n) is 7.75. The zero-order valence-corrected chi connectivity index (χ0v) is 14.5. The molecule has 3 aliphatic rings. The third-order valence-corrected chi connectivity index (χ3v) is 6.02. The molecule has 1 heterocycles. The fourth-order valence-corrected chi connectivity index (χ4v) is 4.84.